The number of rotatable bonds is 20. The Morgan fingerprint density at radius 1 is 0.672 bits per heavy atom. The largest absolute Gasteiger partial charge is 0.462 e. The van der Waals surface area contributed by atoms with E-state index >= 15 is 0 Å². The number of nitrogens with zero attached hydrogens (tertiary/aromatic N) is 1. The summed E-state index contributed by atoms with van der Waals surface area (Å²) >= 11 is 0. The van der Waals surface area contributed by atoms with Gasteiger partial charge in [-0.05, 0) is 122 Å². The summed E-state index contributed by atoms with van der Waals surface area (Å²) < 4.78 is 22.3. The number of carbonyl (C=O) groups excluding carboxylic acids is 4. The second-order valence-corrected chi connectivity index (χ2v) is 16.4. The van der Waals surface area contributed by atoms with Crippen LogP contribution in [0, 0.1) is 33.8 Å². The third kappa shape index (κ3) is 15.0. The van der Waals surface area contributed by atoms with Crippen LogP contribution in [0.25, 0.3) is 12.2 Å². The van der Waals surface area contributed by atoms with Gasteiger partial charge in [-0.2, -0.15) is 0 Å². The van der Waals surface area contributed by atoms with Crippen LogP contribution in [0.15, 0.2) is 78.9 Å². The SMILES string of the molecule is CCCCC1CCC(C(=O)Oc2ccc(/C=C/C(=O)OCC(COC(=O)/C=C/c3ccc(OC(=O)C4CCC(CCCC)CC4)cc3)c3ccc([N+](=O)[O-])cc3N)cc2)CC1. The lowest BCUT2D eigenvalue weighted by Crippen LogP contribution is -2.25. The summed E-state index contributed by atoms with van der Waals surface area (Å²) in [6, 6.07) is 17.6. The molecule has 0 radical (unpaired) electrons. The molecule has 2 fully saturated rings. The van der Waals surface area contributed by atoms with Crippen LogP contribution in [-0.2, 0) is 28.7 Å². The highest BCUT2D eigenvalue weighted by Gasteiger charge is 2.29. The third-order valence-corrected chi connectivity index (χ3v) is 11.9. The molecule has 2 aliphatic rings. The van der Waals surface area contributed by atoms with Crippen LogP contribution in [0.1, 0.15) is 126 Å². The maximum absolute atomic E-state index is 12.8. The van der Waals surface area contributed by atoms with Gasteiger partial charge in [-0.25, -0.2) is 9.59 Å². The van der Waals surface area contributed by atoms with E-state index < -0.39 is 22.8 Å². The Kier molecular flexibility index (Phi) is 18.1. The van der Waals surface area contributed by atoms with E-state index in [2.05, 4.69) is 13.8 Å². The zero-order valence-corrected chi connectivity index (χ0v) is 35.5. The van der Waals surface area contributed by atoms with Gasteiger partial charge in [0.05, 0.1) is 22.7 Å². The minimum absolute atomic E-state index is 0.0817. The van der Waals surface area contributed by atoms with Gasteiger partial charge in [0.2, 0.25) is 0 Å². The fraction of sp³-hybridized carbons (Fsp3) is 0.469. The van der Waals surface area contributed by atoms with Crippen molar-refractivity contribution in [1.29, 1.82) is 0 Å². The summed E-state index contributed by atoms with van der Waals surface area (Å²) in [5.41, 5.74) is 7.81. The Morgan fingerprint density at radius 3 is 1.48 bits per heavy atom. The molecule has 2 saturated carbocycles. The van der Waals surface area contributed by atoms with Gasteiger partial charge in [-0.3, -0.25) is 19.7 Å². The number of hydrogen-bond donors (Lipinski definition) is 1. The number of unbranched alkanes of at least 4 members (excludes halogenated alkanes) is 2. The minimum Gasteiger partial charge on any atom is -0.462 e. The molecule has 0 saturated heterocycles. The first-order valence-electron chi connectivity index (χ1n) is 21.9. The minimum atomic E-state index is -0.740. The molecule has 0 unspecified atom stereocenters. The van der Waals surface area contributed by atoms with Crippen LogP contribution in [0.2, 0.25) is 0 Å². The van der Waals surface area contributed by atoms with Gasteiger partial charge < -0.3 is 24.7 Å². The molecule has 326 valence electrons. The Bertz CT molecular complexity index is 1860. The fourth-order valence-corrected chi connectivity index (χ4v) is 8.12. The normalized spacial score (nSPS) is 19.6. The number of nitrogens with two attached hydrogens (primary N) is 1. The molecule has 0 aliphatic heterocycles. The zero-order chi connectivity index (χ0) is 43.6. The van der Waals surface area contributed by atoms with Crippen molar-refractivity contribution >= 4 is 47.4 Å². The molecule has 61 heavy (non-hydrogen) atoms. The quantitative estimate of drug-likeness (QED) is 0.0286. The lowest BCUT2D eigenvalue weighted by molar-refractivity contribution is -0.384. The van der Waals surface area contributed by atoms with E-state index in [1.165, 1.54) is 68.9 Å². The maximum Gasteiger partial charge on any atom is 0.330 e. The Labute approximate surface area is 359 Å². The lowest BCUT2D eigenvalue weighted by atomic mass is 9.80. The molecule has 0 atom stereocenters. The summed E-state index contributed by atoms with van der Waals surface area (Å²) in [7, 11) is 0. The van der Waals surface area contributed by atoms with Gasteiger partial charge in [-0.1, -0.05) is 76.6 Å². The maximum atomic E-state index is 12.8. The van der Waals surface area contributed by atoms with Crippen LogP contribution in [0.5, 0.6) is 11.5 Å². The summed E-state index contributed by atoms with van der Waals surface area (Å²) in [5, 5.41) is 11.3. The van der Waals surface area contributed by atoms with Crippen LogP contribution in [0.4, 0.5) is 11.4 Å². The van der Waals surface area contributed by atoms with Crippen molar-refractivity contribution in [3.63, 3.8) is 0 Å². The van der Waals surface area contributed by atoms with Crippen molar-refractivity contribution < 1.29 is 43.0 Å². The zero-order valence-electron chi connectivity index (χ0n) is 35.5. The molecule has 12 nitrogen and oxygen atoms in total. The molecular formula is C49H60N2O10. The van der Waals surface area contributed by atoms with E-state index in [-0.39, 0.29) is 48.4 Å². The topological polar surface area (TPSA) is 174 Å². The summed E-state index contributed by atoms with van der Waals surface area (Å²) in [6.07, 6.45) is 20.5. The molecule has 0 bridgehead atoms. The molecule has 0 aromatic heterocycles. The highest BCUT2D eigenvalue weighted by Crippen LogP contribution is 2.34. The highest BCUT2D eigenvalue weighted by atomic mass is 16.6. The van der Waals surface area contributed by atoms with Crippen molar-refractivity contribution in [3.8, 4) is 11.5 Å². The summed E-state index contributed by atoms with van der Waals surface area (Å²) in [5.74, 6) is -0.409. The van der Waals surface area contributed by atoms with Gasteiger partial charge in [0.15, 0.2) is 0 Å². The summed E-state index contributed by atoms with van der Waals surface area (Å²) in [6.45, 7) is 3.92. The number of hydrogen-bond acceptors (Lipinski definition) is 11. The van der Waals surface area contributed by atoms with Gasteiger partial charge in [-0.15, -0.1) is 0 Å². The molecule has 2 aliphatic carbocycles. The van der Waals surface area contributed by atoms with Gasteiger partial charge in [0, 0.05) is 30.0 Å². The van der Waals surface area contributed by atoms with E-state index in [0.717, 1.165) is 51.4 Å². The Balaban J connectivity index is 1.10. The smallest absolute Gasteiger partial charge is 0.330 e. The average molecular weight is 837 g/mol. The van der Waals surface area contributed by atoms with Gasteiger partial charge >= 0.3 is 23.9 Å². The molecule has 0 heterocycles. The van der Waals surface area contributed by atoms with Crippen molar-refractivity contribution in [2.45, 2.75) is 110 Å². The number of nitro benzene ring substituents is 1. The number of non-ortho nitro benzene ring substituents is 1. The van der Waals surface area contributed by atoms with Crippen molar-refractivity contribution in [3.05, 3.63) is 106 Å². The number of esters is 4. The van der Waals surface area contributed by atoms with Gasteiger partial charge in [0.1, 0.15) is 24.7 Å². The standard InChI is InChI=1S/C49H60N2O10/c1-3-5-7-34-9-19-38(20-10-34)48(54)60-42-24-13-36(14-25-42)17-29-46(52)58-32-40(44-28-23-41(51(56)57)31-45(44)50)33-59-47(53)30-18-37-15-26-43(27-16-37)61-49(55)39-21-11-35(12-22-39)8-6-4-2/h13-18,23-31,34-35,38-40H,3-12,19-22,32-33,50H2,1-2H3/b29-17+,30-18+. The predicted octanol–water partition coefficient (Wildman–Crippen LogP) is 10.6. The van der Waals surface area contributed by atoms with E-state index in [9.17, 15) is 29.3 Å². The van der Waals surface area contributed by atoms with Crippen LogP contribution in [-0.4, -0.2) is 42.0 Å². The molecule has 0 spiro atoms. The number of ether oxygens (including phenoxy) is 4. The third-order valence-electron chi connectivity index (χ3n) is 11.9. The number of nitro groups is 1. The number of nitrogen functional groups attached to an aromatic ring is 1. The van der Waals surface area contributed by atoms with Crippen LogP contribution in [0.3, 0.4) is 0 Å². The van der Waals surface area contributed by atoms with E-state index in [1.807, 2.05) is 0 Å². The molecule has 2 N–H and O–H groups in total. The van der Waals surface area contributed by atoms with Crippen LogP contribution >= 0.6 is 0 Å². The summed E-state index contributed by atoms with van der Waals surface area (Å²) in [4.78, 5) is 61.9. The Hall–Kier alpha value is -5.78. The predicted molar refractivity (Wildman–Crippen MR) is 234 cm³/mol. The first-order valence-corrected chi connectivity index (χ1v) is 21.9. The number of carbonyl (C=O) groups is 4. The van der Waals surface area contributed by atoms with Gasteiger partial charge in [0.25, 0.3) is 5.69 Å². The average Bonchev–Trinajstić information content (AvgIpc) is 3.27. The lowest BCUT2D eigenvalue weighted by Gasteiger charge is -2.27. The van der Waals surface area contributed by atoms with Crippen molar-refractivity contribution in [2.75, 3.05) is 18.9 Å². The molecule has 0 amide bonds. The molecule has 3 aromatic rings. The number of benzene rings is 3. The fourth-order valence-electron chi connectivity index (χ4n) is 8.12. The Morgan fingerprint density at radius 2 is 1.10 bits per heavy atom. The molecule has 12 heteroatoms. The van der Waals surface area contributed by atoms with E-state index in [0.29, 0.717) is 40.0 Å². The van der Waals surface area contributed by atoms with Crippen molar-refractivity contribution in [2.24, 2.45) is 23.7 Å². The van der Waals surface area contributed by atoms with E-state index in [4.69, 9.17) is 24.7 Å². The van der Waals surface area contributed by atoms with Crippen LogP contribution < -0.4 is 15.2 Å². The monoisotopic (exact) mass is 836 g/mol. The first-order chi connectivity index (χ1) is 29.5. The first kappa shape index (κ1) is 46.3. The molecular weight excluding hydrogens is 777 g/mol. The molecule has 3 aromatic carbocycles. The number of anilines is 1. The highest BCUT2D eigenvalue weighted by molar-refractivity contribution is 5.88. The second kappa shape index (κ2) is 23.9. The second-order valence-electron chi connectivity index (χ2n) is 16.4. The van der Waals surface area contributed by atoms with Crippen molar-refractivity contribution in [1.82, 2.24) is 0 Å². The van der Waals surface area contributed by atoms with E-state index in [1.54, 1.807) is 60.7 Å². The molecule has 5 rings (SSSR count).